The van der Waals surface area contributed by atoms with E-state index in [1.165, 1.54) is 4.90 Å². The highest BCUT2D eigenvalue weighted by Gasteiger charge is 2.51. The number of anilines is 1. The van der Waals surface area contributed by atoms with Crippen molar-refractivity contribution in [2.45, 2.75) is 139 Å². The van der Waals surface area contributed by atoms with Crippen molar-refractivity contribution in [2.75, 3.05) is 18.5 Å². The molecule has 2 aromatic carbocycles. The number of benzene rings is 2. The average molecular weight is 811 g/mol. The van der Waals surface area contributed by atoms with Gasteiger partial charge in [-0.2, -0.15) is 0 Å². The molecule has 0 aromatic heterocycles. The van der Waals surface area contributed by atoms with Gasteiger partial charge >= 0.3 is 17.9 Å². The number of para-hydroxylation sites is 1. The molecule has 0 saturated carbocycles. The summed E-state index contributed by atoms with van der Waals surface area (Å²) in [6.45, 7) is 25.7. The molecule has 0 aliphatic carbocycles. The summed E-state index contributed by atoms with van der Waals surface area (Å²) in [6.07, 6.45) is -3.16. The number of nitrogens with one attached hydrogen (secondary N) is 1. The van der Waals surface area contributed by atoms with E-state index in [1.807, 2.05) is 48.5 Å². The van der Waals surface area contributed by atoms with Crippen LogP contribution in [0.3, 0.4) is 0 Å². The summed E-state index contributed by atoms with van der Waals surface area (Å²) in [5.41, 5.74) is -0.741. The number of nitrogens with zero attached hydrogens (tertiary/aromatic N) is 1. The Morgan fingerprint density at radius 1 is 0.807 bits per heavy atom. The molecule has 12 nitrogen and oxygen atoms in total. The third kappa shape index (κ3) is 13.0. The molecule has 3 rings (SSSR count). The van der Waals surface area contributed by atoms with Crippen LogP contribution in [0, 0.1) is 22.2 Å². The maximum absolute atomic E-state index is 14.6. The monoisotopic (exact) mass is 810 g/mol. The maximum atomic E-state index is 14.6. The summed E-state index contributed by atoms with van der Waals surface area (Å²) in [6, 6.07) is 15.4. The lowest BCUT2D eigenvalue weighted by Gasteiger charge is -2.46. The summed E-state index contributed by atoms with van der Waals surface area (Å²) < 4.78 is 30.8. The van der Waals surface area contributed by atoms with Crippen molar-refractivity contribution in [3.63, 3.8) is 0 Å². The van der Waals surface area contributed by atoms with Crippen LogP contribution < -0.4 is 5.32 Å². The Morgan fingerprint density at radius 3 is 1.89 bits per heavy atom. The van der Waals surface area contributed by atoms with Crippen molar-refractivity contribution in [1.29, 1.82) is 0 Å². The Kier molecular flexibility index (Phi) is 15.5. The van der Waals surface area contributed by atoms with Gasteiger partial charge in [-0.1, -0.05) is 69.3 Å². The lowest BCUT2D eigenvalue weighted by atomic mass is 9.89. The molecular weight excluding hydrogens is 745 g/mol. The van der Waals surface area contributed by atoms with E-state index in [9.17, 15) is 24.0 Å². The molecule has 5 atom stereocenters. The average Bonchev–Trinajstić information content (AvgIpc) is 3.10. The Balaban J connectivity index is 2.14. The third-order valence-corrected chi connectivity index (χ3v) is 14.9. The highest BCUT2D eigenvalue weighted by Crippen LogP contribution is 2.38. The van der Waals surface area contributed by atoms with Crippen LogP contribution in [0.2, 0.25) is 18.1 Å². The van der Waals surface area contributed by atoms with Crippen molar-refractivity contribution in [3.8, 4) is 0 Å². The Labute approximate surface area is 340 Å². The van der Waals surface area contributed by atoms with Crippen molar-refractivity contribution in [3.05, 3.63) is 65.7 Å². The van der Waals surface area contributed by atoms with E-state index in [2.05, 4.69) is 39.2 Å². The van der Waals surface area contributed by atoms with Gasteiger partial charge in [-0.05, 0) is 97.6 Å². The first-order valence-electron chi connectivity index (χ1n) is 19.7. The molecule has 0 radical (unpaired) electrons. The highest BCUT2D eigenvalue weighted by atomic mass is 28.4. The molecule has 0 spiro atoms. The fourth-order valence-electron chi connectivity index (χ4n) is 5.50. The number of carbonyl (C=O) groups is 5. The summed E-state index contributed by atoms with van der Waals surface area (Å²) in [5.74, 6) is -3.22. The standard InChI is InChI=1S/C44H66N2O10Si/c1-41(2,3)38(49)53-26-31-34(55-39(50)42(4,5)6)27-52-37(35(31)56-40(51)43(7,8)9)46(28-47)33(24-29-20-16-15-17-21-29)36(48)45-32-23-19-18-22-30(32)25-54-57(13,14)44(10,11)12/h15-23,28,31,33-35,37H,24-27H2,1-14H3,(H,45,48)/t31-,33+,34-,35+,37+/m1/s1. The van der Waals surface area contributed by atoms with Crippen LogP contribution in [0.4, 0.5) is 5.69 Å². The second-order valence-electron chi connectivity index (χ2n) is 19.5. The van der Waals surface area contributed by atoms with Crippen molar-refractivity contribution in [2.24, 2.45) is 22.2 Å². The predicted octanol–water partition coefficient (Wildman–Crippen LogP) is 7.69. The molecule has 1 aliphatic rings. The van der Waals surface area contributed by atoms with Crippen LogP contribution in [0.1, 0.15) is 94.2 Å². The zero-order valence-corrected chi connectivity index (χ0v) is 37.5. The number of amides is 2. The Morgan fingerprint density at radius 2 is 1.35 bits per heavy atom. The molecule has 316 valence electrons. The van der Waals surface area contributed by atoms with Crippen LogP contribution in [-0.2, 0) is 60.4 Å². The van der Waals surface area contributed by atoms with E-state index < -0.39 is 78.8 Å². The van der Waals surface area contributed by atoms with Gasteiger partial charge < -0.3 is 33.6 Å². The van der Waals surface area contributed by atoms with Crippen LogP contribution in [0.5, 0.6) is 0 Å². The molecule has 2 aromatic rings. The summed E-state index contributed by atoms with van der Waals surface area (Å²) in [5, 5.41) is 3.02. The molecule has 57 heavy (non-hydrogen) atoms. The van der Waals surface area contributed by atoms with E-state index in [0.717, 1.165) is 11.1 Å². The minimum atomic E-state index is -2.15. The zero-order valence-electron chi connectivity index (χ0n) is 36.5. The lowest BCUT2D eigenvalue weighted by Crippen LogP contribution is -2.63. The first-order chi connectivity index (χ1) is 26.2. The van der Waals surface area contributed by atoms with Crippen LogP contribution >= 0.6 is 0 Å². The minimum absolute atomic E-state index is 0.0313. The third-order valence-electron chi connectivity index (χ3n) is 10.4. The van der Waals surface area contributed by atoms with E-state index in [0.29, 0.717) is 12.1 Å². The van der Waals surface area contributed by atoms with E-state index in [1.54, 1.807) is 68.4 Å². The number of esters is 3. The molecule has 0 bridgehead atoms. The van der Waals surface area contributed by atoms with E-state index in [-0.39, 0.29) is 31.3 Å². The number of ether oxygens (including phenoxy) is 4. The molecule has 1 heterocycles. The number of hydrogen-bond acceptors (Lipinski definition) is 10. The van der Waals surface area contributed by atoms with Gasteiger partial charge in [0.25, 0.3) is 0 Å². The molecule has 13 heteroatoms. The van der Waals surface area contributed by atoms with Gasteiger partial charge in [-0.15, -0.1) is 0 Å². The molecule has 2 amide bonds. The van der Waals surface area contributed by atoms with Gasteiger partial charge in [0, 0.05) is 12.1 Å². The van der Waals surface area contributed by atoms with Crippen LogP contribution in [-0.4, -0.2) is 81.1 Å². The van der Waals surface area contributed by atoms with Gasteiger partial charge in [0.15, 0.2) is 20.6 Å². The molecule has 1 saturated heterocycles. The SMILES string of the molecule is CC(C)(C)C(=O)OC[C@H]1[C@H](OC(=O)C(C)(C)C)[C@@H](N(C=O)[C@@H](Cc2ccccc2)C(=O)Nc2ccccc2CO[Si](C)(C)C(C)(C)C)OC[C@H]1OC(=O)C(C)(C)C. The molecule has 0 unspecified atom stereocenters. The van der Waals surface area contributed by atoms with E-state index >= 15 is 0 Å². The topological polar surface area (TPSA) is 147 Å². The molecule has 1 aliphatic heterocycles. The molecular formula is C44H66N2O10Si. The normalized spacial score (nSPS) is 19.8. The van der Waals surface area contributed by atoms with Gasteiger partial charge in [0.05, 0.1) is 35.4 Å². The lowest BCUT2D eigenvalue weighted by molar-refractivity contribution is -0.241. The Bertz CT molecular complexity index is 1700. The zero-order chi connectivity index (χ0) is 43.1. The summed E-state index contributed by atoms with van der Waals surface area (Å²) in [7, 11) is -2.15. The fraction of sp³-hybridized carbons (Fsp3) is 0.614. The van der Waals surface area contributed by atoms with Gasteiger partial charge in [0.2, 0.25) is 12.3 Å². The molecule has 1 fully saturated rings. The minimum Gasteiger partial charge on any atom is -0.465 e. The maximum Gasteiger partial charge on any atom is 0.311 e. The first kappa shape index (κ1) is 47.3. The van der Waals surface area contributed by atoms with Crippen molar-refractivity contribution < 1.29 is 47.3 Å². The summed E-state index contributed by atoms with van der Waals surface area (Å²) in [4.78, 5) is 69.4. The van der Waals surface area contributed by atoms with Crippen LogP contribution in [0.15, 0.2) is 54.6 Å². The number of carbonyl (C=O) groups excluding carboxylic acids is 5. The van der Waals surface area contributed by atoms with E-state index in [4.69, 9.17) is 23.4 Å². The smallest absolute Gasteiger partial charge is 0.311 e. The quantitative estimate of drug-likeness (QED) is 0.0872. The Hall–Kier alpha value is -4.07. The second kappa shape index (κ2) is 18.7. The fourth-order valence-corrected chi connectivity index (χ4v) is 6.45. The van der Waals surface area contributed by atoms with Crippen molar-refractivity contribution >= 4 is 44.2 Å². The largest absolute Gasteiger partial charge is 0.465 e. The first-order valence-corrected chi connectivity index (χ1v) is 22.6. The summed E-state index contributed by atoms with van der Waals surface area (Å²) >= 11 is 0. The van der Waals surface area contributed by atoms with Gasteiger partial charge in [-0.3, -0.25) is 24.0 Å². The van der Waals surface area contributed by atoms with Crippen LogP contribution in [0.25, 0.3) is 0 Å². The van der Waals surface area contributed by atoms with Gasteiger partial charge in [0.1, 0.15) is 18.8 Å². The number of hydrogen-bond donors (Lipinski definition) is 1. The van der Waals surface area contributed by atoms with Gasteiger partial charge in [-0.25, -0.2) is 0 Å². The number of rotatable bonds is 14. The highest BCUT2D eigenvalue weighted by molar-refractivity contribution is 6.74. The van der Waals surface area contributed by atoms with Crippen molar-refractivity contribution in [1.82, 2.24) is 4.90 Å². The predicted molar refractivity (Wildman–Crippen MR) is 221 cm³/mol. The second-order valence-corrected chi connectivity index (χ2v) is 24.3. The molecule has 1 N–H and O–H groups in total.